The van der Waals surface area contributed by atoms with Gasteiger partial charge in [-0.3, -0.25) is 4.79 Å². The van der Waals surface area contributed by atoms with Crippen molar-refractivity contribution in [3.63, 3.8) is 0 Å². The summed E-state index contributed by atoms with van der Waals surface area (Å²) >= 11 is 0. The molecule has 1 aromatic rings. The highest BCUT2D eigenvalue weighted by Crippen LogP contribution is 2.33. The van der Waals surface area contributed by atoms with Gasteiger partial charge in [0.15, 0.2) is 0 Å². The first-order valence-corrected chi connectivity index (χ1v) is 7.97. The molecule has 0 radical (unpaired) electrons. The zero-order valence-corrected chi connectivity index (χ0v) is 12.9. The molecular weight excluding hydrogens is 248 g/mol. The molecule has 0 bridgehead atoms. The number of carbonyl (C=O) groups is 1. The van der Waals surface area contributed by atoms with Gasteiger partial charge in [0.25, 0.3) is 6.47 Å². The van der Waals surface area contributed by atoms with E-state index in [2.05, 4.69) is 26.0 Å². The third-order valence-electron chi connectivity index (χ3n) is 3.87. The number of unbranched alkanes of at least 4 members (excludes halogenated alkanes) is 3. The van der Waals surface area contributed by atoms with E-state index in [-0.39, 0.29) is 6.10 Å². The predicted octanol–water partition coefficient (Wildman–Crippen LogP) is 5.29. The van der Waals surface area contributed by atoms with Gasteiger partial charge in [0.05, 0.1) is 0 Å². The highest BCUT2D eigenvalue weighted by molar-refractivity contribution is 5.38. The number of ether oxygens (including phenoxy) is 1. The number of hydrogen-bond donors (Lipinski definition) is 0. The van der Waals surface area contributed by atoms with Crippen LogP contribution in [0.15, 0.2) is 30.3 Å². The van der Waals surface area contributed by atoms with Gasteiger partial charge in [-0.05, 0) is 18.4 Å². The zero-order valence-electron chi connectivity index (χ0n) is 12.9. The van der Waals surface area contributed by atoms with E-state index in [1.54, 1.807) is 0 Å². The molecule has 0 aromatic heterocycles. The minimum absolute atomic E-state index is 0.0860. The Morgan fingerprint density at radius 1 is 1.00 bits per heavy atom. The van der Waals surface area contributed by atoms with Crippen molar-refractivity contribution >= 4 is 6.47 Å². The Bertz CT molecular complexity index is 348. The molecule has 2 atom stereocenters. The van der Waals surface area contributed by atoms with E-state index in [1.165, 1.54) is 32.1 Å². The topological polar surface area (TPSA) is 26.3 Å². The average molecular weight is 276 g/mol. The largest absolute Gasteiger partial charge is 0.459 e. The van der Waals surface area contributed by atoms with Gasteiger partial charge < -0.3 is 4.74 Å². The normalized spacial score (nSPS) is 13.7. The van der Waals surface area contributed by atoms with Crippen LogP contribution in [0.4, 0.5) is 0 Å². The van der Waals surface area contributed by atoms with E-state index in [0.29, 0.717) is 12.4 Å². The van der Waals surface area contributed by atoms with Crippen molar-refractivity contribution in [1.29, 1.82) is 0 Å². The van der Waals surface area contributed by atoms with Gasteiger partial charge in [0.2, 0.25) is 0 Å². The van der Waals surface area contributed by atoms with E-state index in [1.807, 2.05) is 18.2 Å². The Morgan fingerprint density at radius 2 is 1.65 bits per heavy atom. The Morgan fingerprint density at radius 3 is 2.25 bits per heavy atom. The average Bonchev–Trinajstić information content (AvgIpc) is 2.50. The lowest BCUT2D eigenvalue weighted by molar-refractivity contribution is -0.137. The molecule has 2 heteroatoms. The van der Waals surface area contributed by atoms with Crippen LogP contribution in [-0.4, -0.2) is 6.47 Å². The lowest BCUT2D eigenvalue weighted by Gasteiger charge is -2.26. The molecule has 1 aromatic carbocycles. The van der Waals surface area contributed by atoms with Crippen molar-refractivity contribution < 1.29 is 9.53 Å². The summed E-state index contributed by atoms with van der Waals surface area (Å²) in [6.45, 7) is 5.04. The Kier molecular flexibility index (Phi) is 8.77. The van der Waals surface area contributed by atoms with Gasteiger partial charge in [0, 0.05) is 5.92 Å². The van der Waals surface area contributed by atoms with Crippen LogP contribution < -0.4 is 0 Å². The number of hydrogen-bond acceptors (Lipinski definition) is 2. The van der Waals surface area contributed by atoms with Crippen molar-refractivity contribution in [2.75, 3.05) is 0 Å². The highest BCUT2D eigenvalue weighted by atomic mass is 16.5. The molecule has 0 amide bonds. The molecule has 0 aliphatic rings. The summed E-state index contributed by atoms with van der Waals surface area (Å²) in [5, 5.41) is 0. The molecule has 2 unspecified atom stereocenters. The van der Waals surface area contributed by atoms with Crippen LogP contribution in [0.25, 0.3) is 0 Å². The molecule has 0 fully saturated rings. The molecule has 112 valence electrons. The third kappa shape index (κ3) is 5.77. The van der Waals surface area contributed by atoms with Crippen LogP contribution >= 0.6 is 0 Å². The van der Waals surface area contributed by atoms with Crippen molar-refractivity contribution in [2.45, 2.75) is 64.9 Å². The highest BCUT2D eigenvalue weighted by Gasteiger charge is 2.23. The van der Waals surface area contributed by atoms with Crippen molar-refractivity contribution in [1.82, 2.24) is 0 Å². The summed E-state index contributed by atoms with van der Waals surface area (Å²) in [5.41, 5.74) is 1.12. The van der Waals surface area contributed by atoms with E-state index in [9.17, 15) is 4.79 Å². The van der Waals surface area contributed by atoms with Crippen LogP contribution in [0.5, 0.6) is 0 Å². The van der Waals surface area contributed by atoms with Gasteiger partial charge in [-0.2, -0.15) is 0 Å². The lowest BCUT2D eigenvalue weighted by Crippen LogP contribution is -2.16. The Balaban J connectivity index is 2.76. The zero-order chi connectivity index (χ0) is 14.6. The summed E-state index contributed by atoms with van der Waals surface area (Å²) < 4.78 is 5.44. The molecular formula is C18H28O2. The SMILES string of the molecule is CCCCCC(CCCC)C(OC=O)c1ccccc1. The molecule has 0 saturated heterocycles. The lowest BCUT2D eigenvalue weighted by atomic mass is 9.87. The second-order valence-electron chi connectivity index (χ2n) is 5.46. The summed E-state index contributed by atoms with van der Waals surface area (Å²) in [7, 11) is 0. The van der Waals surface area contributed by atoms with E-state index in [4.69, 9.17) is 4.74 Å². The summed E-state index contributed by atoms with van der Waals surface area (Å²) in [6.07, 6.45) is 8.27. The fourth-order valence-corrected chi connectivity index (χ4v) is 2.73. The van der Waals surface area contributed by atoms with E-state index < -0.39 is 0 Å². The van der Waals surface area contributed by atoms with Gasteiger partial charge in [-0.25, -0.2) is 0 Å². The number of carbonyl (C=O) groups excluding carboxylic acids is 1. The minimum Gasteiger partial charge on any atom is -0.459 e. The molecule has 0 heterocycles. The minimum atomic E-state index is -0.0860. The molecule has 1 rings (SSSR count). The first kappa shape index (κ1) is 16.7. The van der Waals surface area contributed by atoms with Crippen LogP contribution in [-0.2, 0) is 9.53 Å². The monoisotopic (exact) mass is 276 g/mol. The first-order valence-electron chi connectivity index (χ1n) is 7.97. The smallest absolute Gasteiger partial charge is 0.293 e. The van der Waals surface area contributed by atoms with Crippen LogP contribution in [0, 0.1) is 5.92 Å². The third-order valence-corrected chi connectivity index (χ3v) is 3.87. The number of rotatable bonds is 11. The van der Waals surface area contributed by atoms with E-state index in [0.717, 1.165) is 18.4 Å². The Hall–Kier alpha value is -1.31. The summed E-state index contributed by atoms with van der Waals surface area (Å²) in [5.74, 6) is 0.439. The maximum absolute atomic E-state index is 10.9. The van der Waals surface area contributed by atoms with E-state index >= 15 is 0 Å². The molecule has 0 saturated carbocycles. The molecule has 0 N–H and O–H groups in total. The second-order valence-corrected chi connectivity index (χ2v) is 5.46. The fraction of sp³-hybridized carbons (Fsp3) is 0.611. The van der Waals surface area contributed by atoms with Gasteiger partial charge >= 0.3 is 0 Å². The van der Waals surface area contributed by atoms with Crippen LogP contribution in [0.3, 0.4) is 0 Å². The molecule has 20 heavy (non-hydrogen) atoms. The maximum atomic E-state index is 10.9. The molecule has 2 nitrogen and oxygen atoms in total. The van der Waals surface area contributed by atoms with Gasteiger partial charge in [-0.15, -0.1) is 0 Å². The van der Waals surface area contributed by atoms with Gasteiger partial charge in [-0.1, -0.05) is 76.3 Å². The van der Waals surface area contributed by atoms with Crippen molar-refractivity contribution in [3.8, 4) is 0 Å². The standard InChI is InChI=1S/C18H28O2/c1-3-5-8-12-16(11-6-4-2)18(20-15-19)17-13-9-7-10-14-17/h7,9-10,13-16,18H,3-6,8,11-12H2,1-2H3. The van der Waals surface area contributed by atoms with Crippen molar-refractivity contribution in [3.05, 3.63) is 35.9 Å². The quantitative estimate of drug-likeness (QED) is 0.405. The molecule has 0 aliphatic carbocycles. The Labute approximate surface area is 123 Å². The van der Waals surface area contributed by atoms with Crippen LogP contribution in [0.1, 0.15) is 70.5 Å². The maximum Gasteiger partial charge on any atom is 0.293 e. The number of benzene rings is 1. The first-order chi connectivity index (χ1) is 9.83. The fourth-order valence-electron chi connectivity index (χ4n) is 2.73. The predicted molar refractivity (Wildman–Crippen MR) is 83.5 cm³/mol. The summed E-state index contributed by atoms with van der Waals surface area (Å²) in [4.78, 5) is 10.9. The second kappa shape index (κ2) is 10.5. The van der Waals surface area contributed by atoms with Crippen LogP contribution in [0.2, 0.25) is 0 Å². The molecule has 0 aliphatic heterocycles. The van der Waals surface area contributed by atoms with Gasteiger partial charge in [0.1, 0.15) is 6.10 Å². The van der Waals surface area contributed by atoms with Crippen molar-refractivity contribution in [2.24, 2.45) is 5.92 Å². The molecule has 0 spiro atoms. The summed E-state index contributed by atoms with van der Waals surface area (Å²) in [6, 6.07) is 10.2.